The van der Waals surface area contributed by atoms with Crippen molar-refractivity contribution in [3.63, 3.8) is 0 Å². The number of piperidine rings is 1. The minimum Gasteiger partial charge on any atom is -0.339 e. The number of carbonyl (C=O) groups is 1. The Morgan fingerprint density at radius 2 is 2.14 bits per heavy atom. The predicted molar refractivity (Wildman–Crippen MR) is 62.6 cm³/mol. The maximum absolute atomic E-state index is 11.9. The fourth-order valence-electron chi connectivity index (χ4n) is 1.96. The van der Waals surface area contributed by atoms with Gasteiger partial charge in [-0.05, 0) is 32.1 Å². The molecule has 1 saturated heterocycles. The van der Waals surface area contributed by atoms with Gasteiger partial charge in [-0.3, -0.25) is 4.79 Å². The summed E-state index contributed by atoms with van der Waals surface area (Å²) in [6.45, 7) is 7.27. The van der Waals surface area contributed by atoms with E-state index in [1.165, 1.54) is 6.42 Å². The first-order valence-electron chi connectivity index (χ1n) is 5.54. The molecule has 0 aliphatic carbocycles. The molecule has 1 aliphatic heterocycles. The van der Waals surface area contributed by atoms with Gasteiger partial charge in [-0.2, -0.15) is 12.6 Å². The number of nitrogens with zero attached hydrogens (tertiary/aromatic N) is 1. The van der Waals surface area contributed by atoms with E-state index in [1.807, 2.05) is 11.8 Å². The van der Waals surface area contributed by atoms with Crippen LogP contribution < -0.4 is 0 Å². The Hall–Kier alpha value is -0.180. The second-order valence-corrected chi connectivity index (χ2v) is 5.07. The van der Waals surface area contributed by atoms with Gasteiger partial charge in [0.15, 0.2) is 0 Å². The normalized spacial score (nSPS) is 30.1. The highest BCUT2D eigenvalue weighted by atomic mass is 32.1. The molecule has 3 heteroatoms. The molecule has 1 heterocycles. The van der Waals surface area contributed by atoms with Crippen LogP contribution in [0.5, 0.6) is 0 Å². The zero-order chi connectivity index (χ0) is 10.7. The van der Waals surface area contributed by atoms with Crippen LogP contribution in [0.1, 0.15) is 40.0 Å². The van der Waals surface area contributed by atoms with Crippen molar-refractivity contribution < 1.29 is 4.79 Å². The fourth-order valence-corrected chi connectivity index (χ4v) is 2.11. The van der Waals surface area contributed by atoms with Gasteiger partial charge in [-0.1, -0.05) is 13.8 Å². The van der Waals surface area contributed by atoms with E-state index in [0.29, 0.717) is 12.0 Å². The monoisotopic (exact) mass is 215 g/mol. The number of hydrogen-bond donors (Lipinski definition) is 1. The SMILES string of the molecule is CCC(S)C(=O)N1CC(C)CCC1C. The molecule has 0 aromatic carbocycles. The third-order valence-electron chi connectivity index (χ3n) is 3.07. The minimum atomic E-state index is -0.109. The van der Waals surface area contributed by atoms with Crippen LogP contribution in [0.15, 0.2) is 0 Å². The van der Waals surface area contributed by atoms with Crippen LogP contribution in [0, 0.1) is 5.92 Å². The average molecular weight is 215 g/mol. The Morgan fingerprint density at radius 3 is 2.71 bits per heavy atom. The second kappa shape index (κ2) is 5.06. The van der Waals surface area contributed by atoms with Crippen LogP contribution in [0.25, 0.3) is 0 Å². The van der Waals surface area contributed by atoms with Crippen molar-refractivity contribution in [1.29, 1.82) is 0 Å². The van der Waals surface area contributed by atoms with Gasteiger partial charge < -0.3 is 4.90 Å². The van der Waals surface area contributed by atoms with Gasteiger partial charge in [0.25, 0.3) is 0 Å². The predicted octanol–water partition coefficient (Wildman–Crippen LogP) is 2.34. The summed E-state index contributed by atoms with van der Waals surface area (Å²) in [5.74, 6) is 0.863. The van der Waals surface area contributed by atoms with Crippen molar-refractivity contribution in [2.45, 2.75) is 51.3 Å². The van der Waals surface area contributed by atoms with Crippen molar-refractivity contribution >= 4 is 18.5 Å². The first kappa shape index (κ1) is 11.9. The zero-order valence-electron chi connectivity index (χ0n) is 9.36. The summed E-state index contributed by atoms with van der Waals surface area (Å²) >= 11 is 4.31. The van der Waals surface area contributed by atoms with E-state index >= 15 is 0 Å². The first-order chi connectivity index (χ1) is 6.56. The van der Waals surface area contributed by atoms with Crippen molar-refractivity contribution in [2.75, 3.05) is 6.54 Å². The molecular formula is C11H21NOS. The summed E-state index contributed by atoms with van der Waals surface area (Å²) in [7, 11) is 0. The smallest absolute Gasteiger partial charge is 0.235 e. The van der Waals surface area contributed by atoms with Gasteiger partial charge in [0.1, 0.15) is 0 Å². The molecule has 3 unspecified atom stereocenters. The van der Waals surface area contributed by atoms with E-state index in [4.69, 9.17) is 0 Å². The van der Waals surface area contributed by atoms with Gasteiger partial charge in [-0.15, -0.1) is 0 Å². The maximum Gasteiger partial charge on any atom is 0.235 e. The number of rotatable bonds is 2. The highest BCUT2D eigenvalue weighted by Gasteiger charge is 2.29. The molecule has 0 saturated carbocycles. The van der Waals surface area contributed by atoms with Crippen molar-refractivity contribution in [3.05, 3.63) is 0 Å². The molecule has 1 amide bonds. The number of hydrogen-bond acceptors (Lipinski definition) is 2. The molecule has 1 fully saturated rings. The standard InChI is InChI=1S/C11H21NOS/c1-4-10(14)11(13)12-7-8(2)5-6-9(12)3/h8-10,14H,4-7H2,1-3H3. The lowest BCUT2D eigenvalue weighted by Crippen LogP contribution is -2.47. The highest BCUT2D eigenvalue weighted by molar-refractivity contribution is 7.81. The van der Waals surface area contributed by atoms with Crippen LogP contribution in [-0.4, -0.2) is 28.6 Å². The van der Waals surface area contributed by atoms with E-state index in [1.54, 1.807) is 0 Å². The molecule has 0 N–H and O–H groups in total. The molecular weight excluding hydrogens is 194 g/mol. The summed E-state index contributed by atoms with van der Waals surface area (Å²) in [4.78, 5) is 13.9. The van der Waals surface area contributed by atoms with E-state index < -0.39 is 0 Å². The van der Waals surface area contributed by atoms with Gasteiger partial charge in [-0.25, -0.2) is 0 Å². The van der Waals surface area contributed by atoms with E-state index in [-0.39, 0.29) is 11.2 Å². The van der Waals surface area contributed by atoms with E-state index in [2.05, 4.69) is 26.5 Å². The number of amides is 1. The topological polar surface area (TPSA) is 20.3 Å². The average Bonchev–Trinajstić information content (AvgIpc) is 2.19. The molecule has 0 radical (unpaired) electrons. The molecule has 14 heavy (non-hydrogen) atoms. The number of thiol groups is 1. The lowest BCUT2D eigenvalue weighted by atomic mass is 9.94. The third kappa shape index (κ3) is 2.66. The van der Waals surface area contributed by atoms with Gasteiger partial charge in [0.05, 0.1) is 5.25 Å². The van der Waals surface area contributed by atoms with Gasteiger partial charge in [0.2, 0.25) is 5.91 Å². The first-order valence-corrected chi connectivity index (χ1v) is 6.06. The third-order valence-corrected chi connectivity index (χ3v) is 3.66. The Morgan fingerprint density at radius 1 is 1.50 bits per heavy atom. The lowest BCUT2D eigenvalue weighted by molar-refractivity contribution is -0.134. The lowest BCUT2D eigenvalue weighted by Gasteiger charge is -2.38. The summed E-state index contributed by atoms with van der Waals surface area (Å²) in [5, 5.41) is -0.109. The van der Waals surface area contributed by atoms with Crippen molar-refractivity contribution in [1.82, 2.24) is 4.90 Å². The molecule has 0 aromatic rings. The van der Waals surface area contributed by atoms with Crippen LogP contribution in [0.4, 0.5) is 0 Å². The maximum atomic E-state index is 11.9. The molecule has 1 rings (SSSR count). The summed E-state index contributed by atoms with van der Waals surface area (Å²) in [6, 6.07) is 0.403. The van der Waals surface area contributed by atoms with Crippen LogP contribution in [0.2, 0.25) is 0 Å². The Bertz CT molecular complexity index is 207. The zero-order valence-corrected chi connectivity index (χ0v) is 10.3. The molecule has 3 atom stereocenters. The number of likely N-dealkylation sites (tertiary alicyclic amines) is 1. The molecule has 1 aliphatic rings. The van der Waals surface area contributed by atoms with Gasteiger partial charge in [0, 0.05) is 12.6 Å². The Balaban J connectivity index is 2.60. The highest BCUT2D eigenvalue weighted by Crippen LogP contribution is 2.23. The Labute approximate surface area is 92.5 Å². The molecule has 82 valence electrons. The fraction of sp³-hybridized carbons (Fsp3) is 0.909. The largest absolute Gasteiger partial charge is 0.339 e. The second-order valence-electron chi connectivity index (χ2n) is 4.45. The minimum absolute atomic E-state index is 0.109. The van der Waals surface area contributed by atoms with Gasteiger partial charge >= 0.3 is 0 Å². The van der Waals surface area contributed by atoms with Crippen molar-refractivity contribution in [3.8, 4) is 0 Å². The molecule has 0 aromatic heterocycles. The summed E-state index contributed by atoms with van der Waals surface area (Å²) < 4.78 is 0. The van der Waals surface area contributed by atoms with Crippen LogP contribution in [0.3, 0.4) is 0 Å². The summed E-state index contributed by atoms with van der Waals surface area (Å²) in [6.07, 6.45) is 3.20. The van der Waals surface area contributed by atoms with E-state index in [0.717, 1.165) is 19.4 Å². The summed E-state index contributed by atoms with van der Waals surface area (Å²) in [5.41, 5.74) is 0. The molecule has 2 nitrogen and oxygen atoms in total. The molecule has 0 bridgehead atoms. The molecule has 0 spiro atoms. The van der Waals surface area contributed by atoms with Crippen molar-refractivity contribution in [2.24, 2.45) is 5.92 Å². The Kier molecular flexibility index (Phi) is 4.30. The van der Waals surface area contributed by atoms with Crippen LogP contribution in [-0.2, 0) is 4.79 Å². The van der Waals surface area contributed by atoms with E-state index in [9.17, 15) is 4.79 Å². The number of carbonyl (C=O) groups excluding carboxylic acids is 1. The van der Waals surface area contributed by atoms with Crippen LogP contribution >= 0.6 is 12.6 Å². The quantitative estimate of drug-likeness (QED) is 0.701.